The van der Waals surface area contributed by atoms with Crippen LogP contribution in [0.4, 0.5) is 0 Å². The summed E-state index contributed by atoms with van der Waals surface area (Å²) in [5.41, 5.74) is 0.568. The molecule has 2 atom stereocenters. The molecule has 12 heteroatoms. The van der Waals surface area contributed by atoms with E-state index in [1.165, 1.54) is 0 Å². The number of nitriles is 4. The van der Waals surface area contributed by atoms with Crippen molar-refractivity contribution >= 4 is 56.4 Å². The molecule has 3 aromatic carbocycles. The lowest BCUT2D eigenvalue weighted by molar-refractivity contribution is -0.146. The Hall–Kier alpha value is -6.76. The molecule has 0 saturated heterocycles. The molecule has 3 rings (SSSR count). The summed E-state index contributed by atoms with van der Waals surface area (Å²) in [4.78, 5) is 50.0. The third-order valence-electron chi connectivity index (χ3n) is 8.56. The van der Waals surface area contributed by atoms with Crippen LogP contribution in [0.1, 0.15) is 63.5 Å². The Balaban J connectivity index is 2.36. The number of esters is 2. The molecule has 2 N–H and O–H groups in total. The van der Waals surface area contributed by atoms with Gasteiger partial charge in [0, 0.05) is 10.4 Å². The van der Waals surface area contributed by atoms with E-state index in [4.69, 9.17) is 9.47 Å². The SMILES string of the molecule is C=CC(=O)NCCOC(=O)C(CC(C)C)c1ccc2c(=C(C#N)C#N)c3cc(C(CC(C)C)C(=O)OCCNC(=O)C=C)ccc3c(=C(C#N)C#N)c2c1. The molecule has 2 unspecified atom stereocenters. The number of nitrogens with one attached hydrogen (secondary N) is 2. The van der Waals surface area contributed by atoms with E-state index in [0.29, 0.717) is 45.5 Å². The first-order chi connectivity index (χ1) is 25.8. The van der Waals surface area contributed by atoms with Crippen LogP contribution in [-0.2, 0) is 28.7 Å². The van der Waals surface area contributed by atoms with E-state index >= 15 is 0 Å². The van der Waals surface area contributed by atoms with Gasteiger partial charge in [0.25, 0.3) is 0 Å². The molecule has 3 aromatic rings. The average molecular weight is 727 g/mol. The number of ether oxygens (including phenoxy) is 2. The van der Waals surface area contributed by atoms with Crippen molar-refractivity contribution in [2.75, 3.05) is 26.3 Å². The predicted octanol–water partition coefficient (Wildman–Crippen LogP) is 4.34. The fourth-order valence-corrected chi connectivity index (χ4v) is 6.19. The van der Waals surface area contributed by atoms with Crippen LogP contribution in [0, 0.1) is 57.2 Å². The van der Waals surface area contributed by atoms with Crippen LogP contribution in [0.2, 0.25) is 0 Å². The van der Waals surface area contributed by atoms with Gasteiger partial charge in [-0.2, -0.15) is 21.0 Å². The first-order valence-electron chi connectivity index (χ1n) is 17.4. The summed E-state index contributed by atoms with van der Waals surface area (Å²) in [6, 6.07) is 18.0. The number of hydrogen-bond donors (Lipinski definition) is 2. The topological polar surface area (TPSA) is 206 Å². The van der Waals surface area contributed by atoms with Crippen molar-refractivity contribution in [1.82, 2.24) is 10.6 Å². The highest BCUT2D eigenvalue weighted by molar-refractivity contribution is 6.06. The van der Waals surface area contributed by atoms with Crippen LogP contribution >= 0.6 is 0 Å². The zero-order valence-electron chi connectivity index (χ0n) is 30.8. The van der Waals surface area contributed by atoms with E-state index in [1.54, 1.807) is 36.4 Å². The molecule has 0 aromatic heterocycles. The van der Waals surface area contributed by atoms with Crippen LogP contribution in [0.5, 0.6) is 0 Å². The normalized spacial score (nSPS) is 11.6. The Morgan fingerprint density at radius 2 is 0.981 bits per heavy atom. The van der Waals surface area contributed by atoms with Crippen LogP contribution in [-0.4, -0.2) is 50.1 Å². The van der Waals surface area contributed by atoms with Crippen molar-refractivity contribution in [2.45, 2.75) is 52.4 Å². The van der Waals surface area contributed by atoms with Gasteiger partial charge in [0.2, 0.25) is 11.8 Å². The molecular weight excluding hydrogens is 684 g/mol. The molecule has 0 fully saturated rings. The molecule has 0 aliphatic rings. The Morgan fingerprint density at radius 3 is 1.28 bits per heavy atom. The quantitative estimate of drug-likeness (QED) is 0.0924. The van der Waals surface area contributed by atoms with Gasteiger partial charge in [0.1, 0.15) is 48.6 Å². The van der Waals surface area contributed by atoms with Gasteiger partial charge in [-0.3, -0.25) is 19.2 Å². The number of rotatable bonds is 16. The van der Waals surface area contributed by atoms with Crippen molar-refractivity contribution in [3.63, 3.8) is 0 Å². The first-order valence-corrected chi connectivity index (χ1v) is 17.4. The largest absolute Gasteiger partial charge is 0.463 e. The van der Waals surface area contributed by atoms with Gasteiger partial charge in [-0.05, 0) is 81.6 Å². The summed E-state index contributed by atoms with van der Waals surface area (Å²) in [5, 5.41) is 47.8. The zero-order valence-corrected chi connectivity index (χ0v) is 30.8. The lowest BCUT2D eigenvalue weighted by Gasteiger charge is -2.21. The highest BCUT2D eigenvalue weighted by Crippen LogP contribution is 2.31. The van der Waals surface area contributed by atoms with E-state index in [2.05, 4.69) is 23.8 Å². The fourth-order valence-electron chi connectivity index (χ4n) is 6.19. The summed E-state index contributed by atoms with van der Waals surface area (Å²) in [6.45, 7) is 14.6. The molecule has 0 heterocycles. The summed E-state index contributed by atoms with van der Waals surface area (Å²) in [7, 11) is 0. The lowest BCUT2D eigenvalue weighted by Crippen LogP contribution is -2.28. The first kappa shape index (κ1) is 41.7. The predicted molar refractivity (Wildman–Crippen MR) is 203 cm³/mol. The molecule has 54 heavy (non-hydrogen) atoms. The Bertz CT molecular complexity index is 2090. The Labute approximate surface area is 314 Å². The van der Waals surface area contributed by atoms with Gasteiger partial charge in [0.15, 0.2) is 0 Å². The van der Waals surface area contributed by atoms with E-state index in [0.717, 1.165) is 12.2 Å². The minimum atomic E-state index is -0.769. The Morgan fingerprint density at radius 1 is 0.630 bits per heavy atom. The number of amides is 2. The molecule has 0 bridgehead atoms. The maximum atomic E-state index is 13.5. The molecule has 12 nitrogen and oxygen atoms in total. The van der Waals surface area contributed by atoms with Gasteiger partial charge in [-0.1, -0.05) is 65.1 Å². The molecule has 0 saturated carbocycles. The fraction of sp³-hybridized carbons (Fsp3) is 0.333. The van der Waals surface area contributed by atoms with E-state index in [9.17, 15) is 40.2 Å². The van der Waals surface area contributed by atoms with Crippen LogP contribution < -0.4 is 21.1 Å². The minimum Gasteiger partial charge on any atom is -0.463 e. The van der Waals surface area contributed by atoms with E-state index < -0.39 is 35.6 Å². The summed E-state index contributed by atoms with van der Waals surface area (Å²) in [6.07, 6.45) is 2.99. The van der Waals surface area contributed by atoms with E-state index in [1.807, 2.05) is 52.0 Å². The molecular formula is C42H42N6O6. The van der Waals surface area contributed by atoms with Gasteiger partial charge in [-0.25, -0.2) is 0 Å². The Kier molecular flexibility index (Phi) is 15.2. The molecule has 0 spiro atoms. The number of carbonyl (C=O) groups excluding carboxylic acids is 4. The summed E-state index contributed by atoms with van der Waals surface area (Å²) < 4.78 is 11.1. The maximum Gasteiger partial charge on any atom is 0.313 e. The second-order valence-corrected chi connectivity index (χ2v) is 13.2. The highest BCUT2D eigenvalue weighted by Gasteiger charge is 2.27. The number of nitrogens with zero attached hydrogens (tertiary/aromatic N) is 4. The number of benzene rings is 3. The third kappa shape index (κ3) is 10.2. The number of fused-ring (bicyclic) bond motifs is 2. The smallest absolute Gasteiger partial charge is 0.313 e. The van der Waals surface area contributed by atoms with Crippen molar-refractivity contribution < 1.29 is 28.7 Å². The van der Waals surface area contributed by atoms with Gasteiger partial charge >= 0.3 is 11.9 Å². The second-order valence-electron chi connectivity index (χ2n) is 13.2. The van der Waals surface area contributed by atoms with E-state index in [-0.39, 0.29) is 59.7 Å². The molecule has 0 radical (unpaired) electrons. The average Bonchev–Trinajstić information content (AvgIpc) is 3.16. The van der Waals surface area contributed by atoms with Gasteiger partial charge in [-0.15, -0.1) is 0 Å². The molecule has 0 aliphatic heterocycles. The molecule has 276 valence electrons. The van der Waals surface area contributed by atoms with Crippen LogP contribution in [0.3, 0.4) is 0 Å². The van der Waals surface area contributed by atoms with Crippen molar-refractivity contribution in [3.8, 4) is 24.3 Å². The maximum absolute atomic E-state index is 13.5. The summed E-state index contributed by atoms with van der Waals surface area (Å²) >= 11 is 0. The number of carbonyl (C=O) groups is 4. The van der Waals surface area contributed by atoms with Crippen molar-refractivity contribution in [1.29, 1.82) is 21.0 Å². The molecule has 0 aliphatic carbocycles. The zero-order chi connectivity index (χ0) is 39.9. The van der Waals surface area contributed by atoms with Crippen molar-refractivity contribution in [3.05, 3.63) is 83.3 Å². The van der Waals surface area contributed by atoms with Crippen LogP contribution in [0.15, 0.2) is 61.7 Å². The minimum absolute atomic E-state index is 0.0533. The monoisotopic (exact) mass is 726 g/mol. The van der Waals surface area contributed by atoms with Crippen molar-refractivity contribution in [2.24, 2.45) is 11.8 Å². The van der Waals surface area contributed by atoms with Gasteiger partial charge < -0.3 is 20.1 Å². The standard InChI is InChI=1S/C42H42N6O6/c1-7-37(49)47-13-15-53-41(51)33(17-25(3)4)27-9-11-31-35(19-27)39(29(21-43)22-44)32-12-10-28(20-36(32)40(31)30(23-45)24-46)34(18-26(5)6)42(52)54-16-14-48-38(50)8-2/h7-12,19-20,25-26,33-34H,1-2,13-18H2,3-6H3,(H,47,49)(H,48,50). The number of hydrogen-bond acceptors (Lipinski definition) is 10. The summed E-state index contributed by atoms with van der Waals surface area (Å²) in [5.74, 6) is -3.33. The second kappa shape index (κ2) is 19.7. The van der Waals surface area contributed by atoms with Crippen LogP contribution in [0.25, 0.3) is 32.7 Å². The highest BCUT2D eigenvalue weighted by atomic mass is 16.5. The third-order valence-corrected chi connectivity index (χ3v) is 8.56. The molecule has 2 amide bonds. The van der Waals surface area contributed by atoms with Gasteiger partial charge in [0.05, 0.1) is 24.9 Å². The lowest BCUT2D eigenvalue weighted by atomic mass is 9.85.